The fourth-order valence-corrected chi connectivity index (χ4v) is 4.09. The van der Waals surface area contributed by atoms with Crippen molar-refractivity contribution in [3.8, 4) is 0 Å². The number of hydrogen-bond donors (Lipinski definition) is 1. The predicted octanol–water partition coefficient (Wildman–Crippen LogP) is 2.97. The molecule has 2 aliphatic rings. The van der Waals surface area contributed by atoms with Gasteiger partial charge in [0.2, 0.25) is 5.91 Å². The van der Waals surface area contributed by atoms with Crippen LogP contribution in [0.25, 0.3) is 10.9 Å². The Morgan fingerprint density at radius 1 is 1.09 bits per heavy atom. The molecule has 1 N–H and O–H groups in total. The van der Waals surface area contributed by atoms with Gasteiger partial charge in [0.15, 0.2) is 0 Å². The van der Waals surface area contributed by atoms with Crippen LogP contribution in [0.4, 0.5) is 0 Å². The number of benzene rings is 1. The van der Waals surface area contributed by atoms with Crippen molar-refractivity contribution in [3.05, 3.63) is 36.0 Å². The van der Waals surface area contributed by atoms with Gasteiger partial charge in [0.1, 0.15) is 0 Å². The standard InChI is InChI=1S/C19H25N3O/c23-19(22-9-3-4-10-22)14-21-11-7-15(8-12-21)17-13-20-18-6-2-1-5-16(17)18/h1-2,5-6,13,15,20H,3-4,7-12,14H2. The van der Waals surface area contributed by atoms with E-state index in [2.05, 4.69) is 40.3 Å². The Morgan fingerprint density at radius 2 is 1.83 bits per heavy atom. The summed E-state index contributed by atoms with van der Waals surface area (Å²) in [5, 5.41) is 1.36. The van der Waals surface area contributed by atoms with E-state index in [9.17, 15) is 4.79 Å². The Labute approximate surface area is 137 Å². The van der Waals surface area contributed by atoms with Gasteiger partial charge in [-0.3, -0.25) is 9.69 Å². The number of nitrogens with one attached hydrogen (secondary N) is 1. The van der Waals surface area contributed by atoms with E-state index < -0.39 is 0 Å². The number of fused-ring (bicyclic) bond motifs is 1. The summed E-state index contributed by atoms with van der Waals surface area (Å²) in [7, 11) is 0. The summed E-state index contributed by atoms with van der Waals surface area (Å²) in [5.74, 6) is 0.942. The highest BCUT2D eigenvalue weighted by Gasteiger charge is 2.26. The number of carbonyl (C=O) groups is 1. The zero-order valence-electron chi connectivity index (χ0n) is 13.6. The zero-order valence-corrected chi connectivity index (χ0v) is 13.6. The van der Waals surface area contributed by atoms with Crippen molar-refractivity contribution in [3.63, 3.8) is 0 Å². The number of likely N-dealkylation sites (tertiary alicyclic amines) is 2. The van der Waals surface area contributed by atoms with Crippen LogP contribution in [-0.4, -0.2) is 53.4 Å². The first kappa shape index (κ1) is 14.8. The van der Waals surface area contributed by atoms with Crippen molar-refractivity contribution in [1.29, 1.82) is 0 Å². The molecule has 2 aliphatic heterocycles. The molecular weight excluding hydrogens is 286 g/mol. The van der Waals surface area contributed by atoms with Crippen LogP contribution in [0.2, 0.25) is 0 Å². The monoisotopic (exact) mass is 311 g/mol. The normalized spacial score (nSPS) is 20.4. The molecule has 1 aromatic heterocycles. The Bertz CT molecular complexity index is 679. The van der Waals surface area contributed by atoms with E-state index in [1.165, 1.54) is 29.3 Å². The third-order valence-corrected chi connectivity index (χ3v) is 5.47. The lowest BCUT2D eigenvalue weighted by atomic mass is 9.89. The molecular formula is C19H25N3O. The average Bonchev–Trinajstić information content (AvgIpc) is 3.25. The molecule has 0 spiro atoms. The first-order valence-electron chi connectivity index (χ1n) is 8.87. The van der Waals surface area contributed by atoms with E-state index >= 15 is 0 Å². The van der Waals surface area contributed by atoms with Crippen LogP contribution < -0.4 is 0 Å². The van der Waals surface area contributed by atoms with Crippen molar-refractivity contribution in [2.24, 2.45) is 0 Å². The fraction of sp³-hybridized carbons (Fsp3) is 0.526. The SMILES string of the molecule is O=C(CN1CCC(c2c[nH]c3ccccc23)CC1)N1CCCC1. The second-order valence-corrected chi connectivity index (χ2v) is 6.93. The van der Waals surface area contributed by atoms with E-state index in [-0.39, 0.29) is 0 Å². The van der Waals surface area contributed by atoms with E-state index in [1.54, 1.807) is 0 Å². The number of aromatic amines is 1. The molecule has 2 saturated heterocycles. The van der Waals surface area contributed by atoms with E-state index in [4.69, 9.17) is 0 Å². The number of H-pyrrole nitrogens is 1. The van der Waals surface area contributed by atoms with Gasteiger partial charge in [-0.1, -0.05) is 18.2 Å². The molecule has 0 unspecified atom stereocenters. The lowest BCUT2D eigenvalue weighted by Crippen LogP contribution is -2.42. The highest BCUT2D eigenvalue weighted by atomic mass is 16.2. The molecule has 2 fully saturated rings. The van der Waals surface area contributed by atoms with Crippen molar-refractivity contribution >= 4 is 16.8 Å². The summed E-state index contributed by atoms with van der Waals surface area (Å²) in [6.07, 6.45) is 6.83. The summed E-state index contributed by atoms with van der Waals surface area (Å²) in [6.45, 7) is 4.60. The van der Waals surface area contributed by atoms with Gasteiger partial charge in [0.05, 0.1) is 6.54 Å². The van der Waals surface area contributed by atoms with Gasteiger partial charge in [-0.25, -0.2) is 0 Å². The van der Waals surface area contributed by atoms with Gasteiger partial charge in [0, 0.05) is 30.2 Å². The first-order chi connectivity index (χ1) is 11.3. The maximum Gasteiger partial charge on any atom is 0.236 e. The number of hydrogen-bond acceptors (Lipinski definition) is 2. The van der Waals surface area contributed by atoms with Gasteiger partial charge < -0.3 is 9.88 Å². The first-order valence-corrected chi connectivity index (χ1v) is 8.87. The smallest absolute Gasteiger partial charge is 0.236 e. The molecule has 0 atom stereocenters. The van der Waals surface area contributed by atoms with Crippen LogP contribution in [0.5, 0.6) is 0 Å². The molecule has 122 valence electrons. The molecule has 0 aliphatic carbocycles. The molecule has 4 rings (SSSR count). The Hall–Kier alpha value is -1.81. The number of carbonyl (C=O) groups excluding carboxylic acids is 1. The highest BCUT2D eigenvalue weighted by molar-refractivity contribution is 5.83. The summed E-state index contributed by atoms with van der Waals surface area (Å²) < 4.78 is 0. The number of rotatable bonds is 3. The summed E-state index contributed by atoms with van der Waals surface area (Å²) in [6, 6.07) is 8.55. The molecule has 0 bridgehead atoms. The number of nitrogens with zero attached hydrogens (tertiary/aromatic N) is 2. The van der Waals surface area contributed by atoms with Crippen LogP contribution >= 0.6 is 0 Å². The van der Waals surface area contributed by atoms with E-state index in [0.29, 0.717) is 18.4 Å². The van der Waals surface area contributed by atoms with E-state index in [0.717, 1.165) is 39.0 Å². The van der Waals surface area contributed by atoms with E-state index in [1.807, 2.05) is 4.90 Å². The fourth-order valence-electron chi connectivity index (χ4n) is 4.09. The zero-order chi connectivity index (χ0) is 15.6. The van der Waals surface area contributed by atoms with Gasteiger partial charge in [0.25, 0.3) is 0 Å². The van der Waals surface area contributed by atoms with Crippen LogP contribution in [-0.2, 0) is 4.79 Å². The number of piperidine rings is 1. The molecule has 0 saturated carbocycles. The lowest BCUT2D eigenvalue weighted by molar-refractivity contribution is -0.131. The number of para-hydroxylation sites is 1. The van der Waals surface area contributed by atoms with Crippen molar-refractivity contribution in [2.75, 3.05) is 32.7 Å². The Balaban J connectivity index is 1.36. The third-order valence-electron chi connectivity index (χ3n) is 5.47. The van der Waals surface area contributed by atoms with Crippen LogP contribution in [0.3, 0.4) is 0 Å². The minimum Gasteiger partial charge on any atom is -0.361 e. The second-order valence-electron chi connectivity index (χ2n) is 6.93. The molecule has 1 aromatic carbocycles. The molecule has 4 heteroatoms. The molecule has 1 amide bonds. The van der Waals surface area contributed by atoms with Gasteiger partial charge in [-0.15, -0.1) is 0 Å². The summed E-state index contributed by atoms with van der Waals surface area (Å²) in [5.41, 5.74) is 2.68. The Kier molecular flexibility index (Phi) is 4.08. The molecule has 3 heterocycles. The molecule has 0 radical (unpaired) electrons. The van der Waals surface area contributed by atoms with Crippen LogP contribution in [0, 0.1) is 0 Å². The molecule has 2 aromatic rings. The predicted molar refractivity (Wildman–Crippen MR) is 92.5 cm³/mol. The van der Waals surface area contributed by atoms with Gasteiger partial charge in [-0.05, 0) is 56.3 Å². The van der Waals surface area contributed by atoms with Crippen molar-refractivity contribution < 1.29 is 4.79 Å². The maximum atomic E-state index is 12.3. The molecule has 23 heavy (non-hydrogen) atoms. The minimum absolute atomic E-state index is 0.327. The quantitative estimate of drug-likeness (QED) is 0.946. The number of amides is 1. The van der Waals surface area contributed by atoms with Crippen molar-refractivity contribution in [1.82, 2.24) is 14.8 Å². The second kappa shape index (κ2) is 6.36. The topological polar surface area (TPSA) is 39.3 Å². The van der Waals surface area contributed by atoms with Crippen molar-refractivity contribution in [2.45, 2.75) is 31.6 Å². The molecule has 4 nitrogen and oxygen atoms in total. The highest BCUT2D eigenvalue weighted by Crippen LogP contribution is 2.33. The van der Waals surface area contributed by atoms with Gasteiger partial charge >= 0.3 is 0 Å². The lowest BCUT2D eigenvalue weighted by Gasteiger charge is -2.32. The minimum atomic E-state index is 0.327. The average molecular weight is 311 g/mol. The summed E-state index contributed by atoms with van der Waals surface area (Å²) in [4.78, 5) is 20.0. The Morgan fingerprint density at radius 3 is 2.61 bits per heavy atom. The van der Waals surface area contributed by atoms with Crippen LogP contribution in [0.1, 0.15) is 37.2 Å². The third kappa shape index (κ3) is 3.00. The summed E-state index contributed by atoms with van der Waals surface area (Å²) >= 11 is 0. The maximum absolute atomic E-state index is 12.3. The number of aromatic nitrogens is 1. The largest absolute Gasteiger partial charge is 0.361 e. The van der Waals surface area contributed by atoms with Gasteiger partial charge in [-0.2, -0.15) is 0 Å². The van der Waals surface area contributed by atoms with Crippen LogP contribution in [0.15, 0.2) is 30.5 Å².